The third-order valence-electron chi connectivity index (χ3n) is 7.28. The van der Waals surface area contributed by atoms with Crippen molar-refractivity contribution < 1.29 is 17.6 Å². The summed E-state index contributed by atoms with van der Waals surface area (Å²) < 4.78 is 60.3. The number of aromatic nitrogens is 2. The first kappa shape index (κ1) is 20.4. The van der Waals surface area contributed by atoms with E-state index in [0.717, 1.165) is 24.9 Å². The van der Waals surface area contributed by atoms with Crippen LogP contribution in [0.25, 0.3) is 22.4 Å². The van der Waals surface area contributed by atoms with Gasteiger partial charge in [0.1, 0.15) is 5.82 Å². The predicted octanol–water partition coefficient (Wildman–Crippen LogP) is 6.86. The number of alkyl halides is 4. The molecule has 0 amide bonds. The van der Waals surface area contributed by atoms with E-state index in [4.69, 9.17) is 0 Å². The van der Waals surface area contributed by atoms with Gasteiger partial charge < -0.3 is 4.98 Å². The zero-order valence-electron chi connectivity index (χ0n) is 17.2. The van der Waals surface area contributed by atoms with Crippen molar-refractivity contribution in [3.8, 4) is 22.4 Å². The Morgan fingerprint density at radius 2 is 1.66 bits per heavy atom. The number of halogens is 5. The minimum Gasteiger partial charge on any atom is -0.341 e. The summed E-state index contributed by atoms with van der Waals surface area (Å²) in [5, 5.41) is 0. The molecule has 1 atom stereocenters. The number of fused-ring (bicyclic) bond motifs is 3. The molecular formula is C24H20BrF4N3. The van der Waals surface area contributed by atoms with Crippen LogP contribution in [0.2, 0.25) is 0 Å². The van der Waals surface area contributed by atoms with Crippen LogP contribution in [0.5, 0.6) is 0 Å². The molecule has 32 heavy (non-hydrogen) atoms. The van der Waals surface area contributed by atoms with E-state index >= 15 is 8.78 Å². The summed E-state index contributed by atoms with van der Waals surface area (Å²) in [5.74, 6) is -7.86. The standard InChI is InChI=1S/C24H20BrF4N3/c1-32-12-22(6-7-22)10-20(32)21-30-11-19(31-21)13-2-4-15-16-5-3-14(25)9-18(16)24(28,29)23(26,27)17(15)8-13/h2-5,8-9,11,20H,6-7,10,12H2,1H3,(H,30,31)/t20-/m0/s1. The van der Waals surface area contributed by atoms with Gasteiger partial charge in [-0.3, -0.25) is 4.90 Å². The molecule has 2 aliphatic carbocycles. The third kappa shape index (κ3) is 2.78. The van der Waals surface area contributed by atoms with Crippen LogP contribution in [0, 0.1) is 5.41 Å². The molecule has 3 nitrogen and oxygen atoms in total. The van der Waals surface area contributed by atoms with E-state index in [-0.39, 0.29) is 17.2 Å². The van der Waals surface area contributed by atoms with E-state index in [9.17, 15) is 8.78 Å². The average Bonchev–Trinajstić information content (AvgIpc) is 3.17. The molecule has 1 N–H and O–H groups in total. The lowest BCUT2D eigenvalue weighted by molar-refractivity contribution is -0.225. The van der Waals surface area contributed by atoms with Crippen molar-refractivity contribution >= 4 is 15.9 Å². The molecule has 0 unspecified atom stereocenters. The number of rotatable bonds is 2. The molecule has 1 saturated carbocycles. The quantitative estimate of drug-likeness (QED) is 0.385. The number of likely N-dealkylation sites (tertiary alicyclic amines) is 1. The van der Waals surface area contributed by atoms with Gasteiger partial charge in [0.25, 0.3) is 0 Å². The van der Waals surface area contributed by atoms with Gasteiger partial charge in [0.15, 0.2) is 0 Å². The monoisotopic (exact) mass is 505 g/mol. The molecule has 3 aliphatic rings. The van der Waals surface area contributed by atoms with E-state index in [1.165, 1.54) is 31.0 Å². The summed E-state index contributed by atoms with van der Waals surface area (Å²) in [4.78, 5) is 10.0. The van der Waals surface area contributed by atoms with Crippen LogP contribution < -0.4 is 0 Å². The van der Waals surface area contributed by atoms with Crippen LogP contribution >= 0.6 is 15.9 Å². The highest BCUT2D eigenvalue weighted by Crippen LogP contribution is 2.59. The molecule has 6 rings (SSSR count). The summed E-state index contributed by atoms with van der Waals surface area (Å²) in [6.07, 6.45) is 5.09. The Hall–Kier alpha value is -2.19. The van der Waals surface area contributed by atoms with Crippen molar-refractivity contribution in [2.24, 2.45) is 5.41 Å². The molecule has 2 fully saturated rings. The fourth-order valence-corrected chi connectivity index (χ4v) is 5.68. The highest BCUT2D eigenvalue weighted by atomic mass is 79.9. The molecule has 0 bridgehead atoms. The van der Waals surface area contributed by atoms with E-state index in [1.807, 2.05) is 0 Å². The lowest BCUT2D eigenvalue weighted by atomic mass is 9.80. The Morgan fingerprint density at radius 3 is 2.31 bits per heavy atom. The van der Waals surface area contributed by atoms with Crippen molar-refractivity contribution in [1.29, 1.82) is 0 Å². The van der Waals surface area contributed by atoms with Gasteiger partial charge >= 0.3 is 11.8 Å². The number of aromatic amines is 1. The smallest absolute Gasteiger partial charge is 0.340 e. The van der Waals surface area contributed by atoms with Crippen LogP contribution in [0.4, 0.5) is 17.6 Å². The van der Waals surface area contributed by atoms with Crippen LogP contribution in [0.1, 0.15) is 42.3 Å². The van der Waals surface area contributed by atoms with Gasteiger partial charge in [-0.05, 0) is 61.1 Å². The summed E-state index contributed by atoms with van der Waals surface area (Å²) in [6.45, 7) is 1.03. The normalized spacial score (nSPS) is 24.4. The van der Waals surface area contributed by atoms with Crippen molar-refractivity contribution in [1.82, 2.24) is 14.9 Å². The van der Waals surface area contributed by atoms with Crippen molar-refractivity contribution in [2.45, 2.75) is 37.1 Å². The van der Waals surface area contributed by atoms with Gasteiger partial charge in [-0.2, -0.15) is 17.6 Å². The molecule has 166 valence electrons. The topological polar surface area (TPSA) is 31.9 Å². The molecule has 1 spiro atoms. The van der Waals surface area contributed by atoms with Gasteiger partial charge in [0, 0.05) is 27.7 Å². The Balaban J connectivity index is 1.42. The first-order chi connectivity index (χ1) is 15.1. The fraction of sp³-hybridized carbons (Fsp3) is 0.375. The van der Waals surface area contributed by atoms with Crippen molar-refractivity contribution in [3.05, 3.63) is 64.0 Å². The lowest BCUT2D eigenvalue weighted by Gasteiger charge is -2.35. The SMILES string of the molecule is CN1CC2(CC2)C[C@H]1c1ncc(-c2ccc3c(c2)C(F)(F)C(F)(F)c2cc(Br)ccc2-3)[nH]1. The maximum atomic E-state index is 15.1. The molecule has 1 saturated heterocycles. The van der Waals surface area contributed by atoms with Gasteiger partial charge in [-0.15, -0.1) is 0 Å². The van der Waals surface area contributed by atoms with E-state index in [0.29, 0.717) is 21.1 Å². The number of H-pyrrole nitrogens is 1. The van der Waals surface area contributed by atoms with Gasteiger partial charge in [0.05, 0.1) is 17.9 Å². The first-order valence-corrected chi connectivity index (χ1v) is 11.4. The zero-order valence-corrected chi connectivity index (χ0v) is 18.8. The van der Waals surface area contributed by atoms with E-state index in [2.05, 4.69) is 37.8 Å². The van der Waals surface area contributed by atoms with Gasteiger partial charge in [-0.1, -0.05) is 34.1 Å². The van der Waals surface area contributed by atoms with Crippen LogP contribution in [0.15, 0.2) is 47.1 Å². The summed E-state index contributed by atoms with van der Waals surface area (Å²) in [6, 6.07) is 8.63. The minimum absolute atomic E-state index is 0.123. The second-order valence-corrected chi connectivity index (χ2v) is 10.3. The Bertz CT molecular complexity index is 1250. The fourth-order valence-electron chi connectivity index (χ4n) is 5.32. The predicted molar refractivity (Wildman–Crippen MR) is 117 cm³/mol. The minimum atomic E-state index is -4.33. The largest absolute Gasteiger partial charge is 0.341 e. The Labute approximate surface area is 191 Å². The Morgan fingerprint density at radius 1 is 1.00 bits per heavy atom. The molecule has 0 radical (unpaired) electrons. The molecule has 3 aromatic rings. The van der Waals surface area contributed by atoms with Crippen LogP contribution in [-0.4, -0.2) is 28.5 Å². The number of imidazole rings is 1. The molecule has 2 aromatic carbocycles. The van der Waals surface area contributed by atoms with Gasteiger partial charge in [-0.25, -0.2) is 4.98 Å². The molecule has 1 aliphatic heterocycles. The third-order valence-corrected chi connectivity index (χ3v) is 7.78. The first-order valence-electron chi connectivity index (χ1n) is 10.6. The van der Waals surface area contributed by atoms with Crippen LogP contribution in [-0.2, 0) is 11.8 Å². The zero-order chi connectivity index (χ0) is 22.5. The number of hydrogen-bond acceptors (Lipinski definition) is 2. The number of nitrogens with zero attached hydrogens (tertiary/aromatic N) is 2. The Kier molecular flexibility index (Phi) is 4.11. The number of nitrogens with one attached hydrogen (secondary N) is 1. The van der Waals surface area contributed by atoms with E-state index < -0.39 is 23.0 Å². The molecular weight excluding hydrogens is 486 g/mol. The molecule has 8 heteroatoms. The highest BCUT2D eigenvalue weighted by Gasteiger charge is 2.62. The maximum Gasteiger partial charge on any atom is 0.340 e. The maximum absolute atomic E-state index is 15.1. The summed E-state index contributed by atoms with van der Waals surface area (Å²) >= 11 is 3.11. The van der Waals surface area contributed by atoms with E-state index in [1.54, 1.807) is 18.3 Å². The van der Waals surface area contributed by atoms with Crippen molar-refractivity contribution in [2.75, 3.05) is 13.6 Å². The van der Waals surface area contributed by atoms with Crippen LogP contribution in [0.3, 0.4) is 0 Å². The highest BCUT2D eigenvalue weighted by molar-refractivity contribution is 9.10. The molecule has 1 aromatic heterocycles. The summed E-state index contributed by atoms with van der Waals surface area (Å²) in [5.41, 5.74) is 0.277. The average molecular weight is 506 g/mol. The second kappa shape index (κ2) is 6.44. The molecule has 2 heterocycles. The number of benzene rings is 2. The number of hydrogen-bond donors (Lipinski definition) is 1. The summed E-state index contributed by atoms with van der Waals surface area (Å²) in [7, 11) is 2.07. The van der Waals surface area contributed by atoms with Crippen molar-refractivity contribution in [3.63, 3.8) is 0 Å². The lowest BCUT2D eigenvalue weighted by Crippen LogP contribution is -2.39. The van der Waals surface area contributed by atoms with Gasteiger partial charge in [0.2, 0.25) is 0 Å². The second-order valence-electron chi connectivity index (χ2n) is 9.42.